The number of esters is 1. The Labute approximate surface area is 172 Å². The molecule has 1 atom stereocenters. The molecule has 9 heteroatoms. The highest BCUT2D eigenvalue weighted by molar-refractivity contribution is 6.00. The minimum Gasteiger partial charge on any atom is -0.493 e. The number of rotatable bonds is 7. The van der Waals surface area contributed by atoms with Crippen LogP contribution in [0.25, 0.3) is 0 Å². The Hall–Kier alpha value is -3.62. The molecule has 1 saturated heterocycles. The normalized spacial score (nSPS) is 15.6. The molecule has 158 valence electrons. The van der Waals surface area contributed by atoms with Crippen LogP contribution in [-0.2, 0) is 19.1 Å². The van der Waals surface area contributed by atoms with Gasteiger partial charge in [0.15, 0.2) is 18.1 Å². The molecule has 0 unspecified atom stereocenters. The Morgan fingerprint density at radius 1 is 1.13 bits per heavy atom. The standard InChI is InChI=1S/C21H21FN2O6/c1-28-17-8-7-14(10-18(17)29-2)23-19(25)12-30-21(27)13-9-20(26)24(11-13)16-6-4-3-5-15(16)22/h3-8,10,13H,9,11-12H2,1-2H3,(H,23,25)/t13-/m1/s1. The van der Waals surface area contributed by atoms with E-state index >= 15 is 0 Å². The molecule has 0 radical (unpaired) electrons. The van der Waals surface area contributed by atoms with Gasteiger partial charge in [-0.05, 0) is 24.3 Å². The molecule has 0 spiro atoms. The zero-order valence-corrected chi connectivity index (χ0v) is 16.5. The zero-order chi connectivity index (χ0) is 21.7. The maximum Gasteiger partial charge on any atom is 0.311 e. The number of amides is 2. The minimum atomic E-state index is -0.772. The van der Waals surface area contributed by atoms with Gasteiger partial charge in [-0.1, -0.05) is 12.1 Å². The van der Waals surface area contributed by atoms with Crippen molar-refractivity contribution < 1.29 is 33.0 Å². The highest BCUT2D eigenvalue weighted by Crippen LogP contribution is 2.30. The Kier molecular flexibility index (Phi) is 6.51. The number of nitrogens with one attached hydrogen (secondary N) is 1. The molecule has 30 heavy (non-hydrogen) atoms. The summed E-state index contributed by atoms with van der Waals surface area (Å²) in [7, 11) is 2.97. The van der Waals surface area contributed by atoms with E-state index in [2.05, 4.69) is 5.32 Å². The highest BCUT2D eigenvalue weighted by Gasteiger charge is 2.37. The van der Waals surface area contributed by atoms with Crippen molar-refractivity contribution in [2.75, 3.05) is 37.6 Å². The van der Waals surface area contributed by atoms with Crippen LogP contribution in [0.15, 0.2) is 42.5 Å². The summed E-state index contributed by atoms with van der Waals surface area (Å²) in [5, 5.41) is 2.59. The van der Waals surface area contributed by atoms with Crippen molar-refractivity contribution in [2.24, 2.45) is 5.92 Å². The van der Waals surface area contributed by atoms with Crippen LogP contribution in [0.4, 0.5) is 15.8 Å². The lowest BCUT2D eigenvalue weighted by Gasteiger charge is -2.17. The first-order chi connectivity index (χ1) is 14.4. The van der Waals surface area contributed by atoms with Gasteiger partial charge in [0.05, 0.1) is 25.8 Å². The second-order valence-electron chi connectivity index (χ2n) is 6.58. The van der Waals surface area contributed by atoms with Crippen LogP contribution in [-0.4, -0.2) is 45.2 Å². The fourth-order valence-corrected chi connectivity index (χ4v) is 3.13. The summed E-state index contributed by atoms with van der Waals surface area (Å²) < 4.78 is 29.3. The Balaban J connectivity index is 1.54. The van der Waals surface area contributed by atoms with Crippen molar-refractivity contribution in [3.8, 4) is 11.5 Å². The van der Waals surface area contributed by atoms with E-state index in [1.807, 2.05) is 0 Å². The number of ether oxygens (including phenoxy) is 3. The van der Waals surface area contributed by atoms with Crippen LogP contribution in [0.1, 0.15) is 6.42 Å². The molecule has 2 aromatic rings. The predicted molar refractivity (Wildman–Crippen MR) is 106 cm³/mol. The number of anilines is 2. The summed E-state index contributed by atoms with van der Waals surface area (Å²) in [6.45, 7) is -0.520. The van der Waals surface area contributed by atoms with Crippen LogP contribution < -0.4 is 19.7 Å². The van der Waals surface area contributed by atoms with Gasteiger partial charge < -0.3 is 24.4 Å². The number of benzene rings is 2. The maximum atomic E-state index is 13.9. The second-order valence-corrected chi connectivity index (χ2v) is 6.58. The molecule has 0 aromatic heterocycles. The van der Waals surface area contributed by atoms with Gasteiger partial charge in [-0.3, -0.25) is 14.4 Å². The Morgan fingerprint density at radius 3 is 2.57 bits per heavy atom. The Bertz CT molecular complexity index is 964. The molecule has 3 rings (SSSR count). The summed E-state index contributed by atoms with van der Waals surface area (Å²) in [4.78, 5) is 37.8. The van der Waals surface area contributed by atoms with Gasteiger partial charge in [-0.15, -0.1) is 0 Å². The number of carbonyl (C=O) groups excluding carboxylic acids is 3. The number of nitrogens with zero attached hydrogens (tertiary/aromatic N) is 1. The second kappa shape index (κ2) is 9.25. The van der Waals surface area contributed by atoms with Crippen molar-refractivity contribution >= 4 is 29.2 Å². The molecular formula is C21H21FN2O6. The van der Waals surface area contributed by atoms with E-state index in [1.165, 1.54) is 37.3 Å². The third-order valence-corrected chi connectivity index (χ3v) is 4.61. The van der Waals surface area contributed by atoms with E-state index in [4.69, 9.17) is 14.2 Å². The summed E-state index contributed by atoms with van der Waals surface area (Å²) in [6.07, 6.45) is -0.107. The molecule has 2 amide bonds. The Morgan fingerprint density at radius 2 is 1.87 bits per heavy atom. The van der Waals surface area contributed by atoms with Crippen LogP contribution in [0, 0.1) is 11.7 Å². The fourth-order valence-electron chi connectivity index (χ4n) is 3.13. The highest BCUT2D eigenvalue weighted by atomic mass is 19.1. The lowest BCUT2D eigenvalue weighted by Crippen LogP contribution is -2.28. The van der Waals surface area contributed by atoms with Gasteiger partial charge in [0.1, 0.15) is 5.82 Å². The number of carbonyl (C=O) groups is 3. The van der Waals surface area contributed by atoms with Gasteiger partial charge in [-0.2, -0.15) is 0 Å². The van der Waals surface area contributed by atoms with Crippen molar-refractivity contribution in [3.05, 3.63) is 48.3 Å². The van der Waals surface area contributed by atoms with E-state index in [-0.39, 0.29) is 24.6 Å². The van der Waals surface area contributed by atoms with Crippen molar-refractivity contribution in [3.63, 3.8) is 0 Å². The number of para-hydroxylation sites is 1. The quantitative estimate of drug-likeness (QED) is 0.697. The molecular weight excluding hydrogens is 395 g/mol. The molecule has 0 saturated carbocycles. The number of halogens is 1. The van der Waals surface area contributed by atoms with Gasteiger partial charge in [0, 0.05) is 24.7 Å². The third kappa shape index (κ3) is 4.68. The predicted octanol–water partition coefficient (Wildman–Crippen LogP) is 2.38. The number of hydrogen-bond donors (Lipinski definition) is 1. The number of methoxy groups -OCH3 is 2. The van der Waals surface area contributed by atoms with Gasteiger partial charge in [0.25, 0.3) is 5.91 Å². The molecule has 2 aromatic carbocycles. The summed E-state index contributed by atoms with van der Waals surface area (Å²) in [5.41, 5.74) is 0.555. The molecule has 1 aliphatic heterocycles. The molecule has 1 N–H and O–H groups in total. The van der Waals surface area contributed by atoms with E-state index in [9.17, 15) is 18.8 Å². The van der Waals surface area contributed by atoms with Crippen molar-refractivity contribution in [1.82, 2.24) is 0 Å². The summed E-state index contributed by atoms with van der Waals surface area (Å²) >= 11 is 0. The lowest BCUT2D eigenvalue weighted by molar-refractivity contribution is -0.151. The lowest BCUT2D eigenvalue weighted by atomic mass is 10.1. The topological polar surface area (TPSA) is 94.2 Å². The molecule has 1 aliphatic rings. The molecule has 1 fully saturated rings. The summed E-state index contributed by atoms with van der Waals surface area (Å²) in [6, 6.07) is 10.6. The maximum absolute atomic E-state index is 13.9. The van der Waals surface area contributed by atoms with Crippen LogP contribution >= 0.6 is 0 Å². The van der Waals surface area contributed by atoms with Crippen molar-refractivity contribution in [2.45, 2.75) is 6.42 Å². The molecule has 0 bridgehead atoms. The number of hydrogen-bond acceptors (Lipinski definition) is 6. The largest absolute Gasteiger partial charge is 0.493 e. The van der Waals surface area contributed by atoms with Crippen molar-refractivity contribution in [1.29, 1.82) is 0 Å². The minimum absolute atomic E-state index is 0.00407. The monoisotopic (exact) mass is 416 g/mol. The van der Waals surface area contributed by atoms with Crippen LogP contribution in [0.2, 0.25) is 0 Å². The molecule has 8 nitrogen and oxygen atoms in total. The first kappa shape index (κ1) is 21.1. The summed E-state index contributed by atoms with van der Waals surface area (Å²) in [5.74, 6) is -2.00. The fraction of sp³-hybridized carbons (Fsp3) is 0.286. The molecule has 1 heterocycles. The zero-order valence-electron chi connectivity index (χ0n) is 16.5. The van der Waals surface area contributed by atoms with Gasteiger partial charge in [0.2, 0.25) is 5.91 Å². The first-order valence-electron chi connectivity index (χ1n) is 9.16. The average Bonchev–Trinajstić information content (AvgIpc) is 3.13. The smallest absolute Gasteiger partial charge is 0.311 e. The van der Waals surface area contributed by atoms with Crippen LogP contribution in [0.3, 0.4) is 0 Å². The van der Waals surface area contributed by atoms with Crippen LogP contribution in [0.5, 0.6) is 11.5 Å². The van der Waals surface area contributed by atoms with E-state index < -0.39 is 30.2 Å². The third-order valence-electron chi connectivity index (χ3n) is 4.61. The SMILES string of the molecule is COc1ccc(NC(=O)COC(=O)[C@@H]2CC(=O)N(c3ccccc3F)C2)cc1OC. The van der Waals surface area contributed by atoms with E-state index in [0.717, 1.165) is 0 Å². The van der Waals surface area contributed by atoms with E-state index in [0.29, 0.717) is 17.2 Å². The average molecular weight is 416 g/mol. The van der Waals surface area contributed by atoms with Gasteiger partial charge in [-0.25, -0.2) is 4.39 Å². The first-order valence-corrected chi connectivity index (χ1v) is 9.16. The van der Waals surface area contributed by atoms with E-state index in [1.54, 1.807) is 24.3 Å². The molecule has 0 aliphatic carbocycles. The van der Waals surface area contributed by atoms with Gasteiger partial charge >= 0.3 is 5.97 Å².